The van der Waals surface area contributed by atoms with E-state index in [0.717, 1.165) is 0 Å². The summed E-state index contributed by atoms with van der Waals surface area (Å²) in [6, 6.07) is 3.20. The first-order valence-corrected chi connectivity index (χ1v) is 7.13. The molecule has 7 heteroatoms. The van der Waals surface area contributed by atoms with Crippen molar-refractivity contribution in [2.75, 3.05) is 13.1 Å². The molecule has 1 aromatic rings. The predicted molar refractivity (Wildman–Crippen MR) is 81.5 cm³/mol. The summed E-state index contributed by atoms with van der Waals surface area (Å²) >= 11 is 0. The van der Waals surface area contributed by atoms with Crippen LogP contribution >= 0.6 is 0 Å². The van der Waals surface area contributed by atoms with Crippen LogP contribution in [0.2, 0.25) is 0 Å². The molecule has 0 bridgehead atoms. The second-order valence-electron chi connectivity index (χ2n) is 6.19. The minimum absolute atomic E-state index is 0.131. The summed E-state index contributed by atoms with van der Waals surface area (Å²) in [6.45, 7) is 9.79. The van der Waals surface area contributed by atoms with Gasteiger partial charge in [0.2, 0.25) is 11.6 Å². The molecule has 0 aliphatic carbocycles. The number of aromatic nitrogens is 1. The van der Waals surface area contributed by atoms with Crippen LogP contribution in [-0.2, 0) is 4.74 Å². The molecule has 1 fully saturated rings. The van der Waals surface area contributed by atoms with Gasteiger partial charge in [-0.05, 0) is 20.8 Å². The molecule has 1 aliphatic heterocycles. The molecular weight excluding hydrogens is 286 g/mol. The van der Waals surface area contributed by atoms with Crippen LogP contribution in [0.15, 0.2) is 18.3 Å². The maximum absolute atomic E-state index is 12.0. The normalized spacial score (nSPS) is 18.1. The van der Waals surface area contributed by atoms with Crippen molar-refractivity contribution in [2.24, 2.45) is 0 Å². The van der Waals surface area contributed by atoms with Crippen molar-refractivity contribution < 1.29 is 19.0 Å². The van der Waals surface area contributed by atoms with Gasteiger partial charge in [-0.1, -0.05) is 0 Å². The molecule has 1 saturated heterocycles. The maximum Gasteiger partial charge on any atom is 0.410 e. The highest BCUT2D eigenvalue weighted by atomic mass is 16.6. The van der Waals surface area contributed by atoms with Crippen molar-refractivity contribution >= 4 is 18.5 Å². The van der Waals surface area contributed by atoms with Gasteiger partial charge in [-0.2, -0.15) is 4.74 Å². The van der Waals surface area contributed by atoms with Crippen LogP contribution in [0.5, 0.6) is 5.88 Å². The zero-order valence-electron chi connectivity index (χ0n) is 13.1. The molecule has 120 valence electrons. The van der Waals surface area contributed by atoms with Gasteiger partial charge in [0.15, 0.2) is 0 Å². The molecule has 0 unspecified atom stereocenters. The summed E-state index contributed by atoms with van der Waals surface area (Å²) in [5, 5.41) is 11.0. The Bertz CT molecular complexity index is 551. The van der Waals surface area contributed by atoms with Gasteiger partial charge < -0.3 is 19.6 Å². The summed E-state index contributed by atoms with van der Waals surface area (Å²) in [5.41, 5.74) is -0.152. The third-order valence-corrected chi connectivity index (χ3v) is 3.09. The fourth-order valence-electron chi connectivity index (χ4n) is 2.08. The third kappa shape index (κ3) is 4.34. The molecule has 2 rings (SSSR count). The van der Waals surface area contributed by atoms with Gasteiger partial charge in [0.1, 0.15) is 24.6 Å². The molecule has 1 atom stereocenters. The fraction of sp³-hybridized carbons (Fsp3) is 0.533. The fourth-order valence-corrected chi connectivity index (χ4v) is 2.08. The lowest BCUT2D eigenvalue weighted by molar-refractivity contribution is -0.350. The summed E-state index contributed by atoms with van der Waals surface area (Å²) in [4.78, 5) is 17.6. The van der Waals surface area contributed by atoms with Crippen molar-refractivity contribution in [1.29, 1.82) is 0 Å². The van der Waals surface area contributed by atoms with Gasteiger partial charge in [0, 0.05) is 25.1 Å². The van der Waals surface area contributed by atoms with Gasteiger partial charge in [-0.3, -0.25) is 0 Å². The van der Waals surface area contributed by atoms with Crippen molar-refractivity contribution in [2.45, 2.75) is 38.9 Å². The Balaban J connectivity index is 1.88. The van der Waals surface area contributed by atoms with Crippen LogP contribution in [-0.4, -0.2) is 52.2 Å². The van der Waals surface area contributed by atoms with Crippen LogP contribution in [0, 0.1) is 5.21 Å². The average molecular weight is 307 g/mol. The zero-order chi connectivity index (χ0) is 16.3. The molecule has 0 N–H and O–H groups in total. The Morgan fingerprint density at radius 3 is 2.77 bits per heavy atom. The molecule has 1 aromatic heterocycles. The zero-order valence-corrected chi connectivity index (χ0v) is 13.1. The molecule has 1 amide bonds. The van der Waals surface area contributed by atoms with E-state index in [9.17, 15) is 10.0 Å². The first kappa shape index (κ1) is 16.1. The maximum atomic E-state index is 12.0. The van der Waals surface area contributed by atoms with Crippen molar-refractivity contribution in [3.8, 4) is 5.88 Å². The monoisotopic (exact) mass is 307 g/mol. The van der Waals surface area contributed by atoms with E-state index in [-0.39, 0.29) is 12.2 Å². The number of hydrogen-bond acceptors (Lipinski definition) is 5. The van der Waals surface area contributed by atoms with Gasteiger partial charge in [0.25, 0.3) is 0 Å². The van der Waals surface area contributed by atoms with E-state index in [1.165, 1.54) is 6.20 Å². The Hall–Kier alpha value is -2.31. The molecule has 0 radical (unpaired) electrons. The SMILES string of the molecule is C=[N+]([O-])c1ccc(O[C@@H]2CCN(C(=O)OC(C)(C)C)C2)nc1. The Morgan fingerprint density at radius 1 is 1.50 bits per heavy atom. The van der Waals surface area contributed by atoms with E-state index in [4.69, 9.17) is 9.47 Å². The highest BCUT2D eigenvalue weighted by Gasteiger charge is 2.31. The molecular formula is C15H21N3O4. The van der Waals surface area contributed by atoms with Crippen molar-refractivity contribution in [1.82, 2.24) is 9.88 Å². The quantitative estimate of drug-likeness (QED) is 0.370. The van der Waals surface area contributed by atoms with Crippen molar-refractivity contribution in [3.63, 3.8) is 0 Å². The summed E-state index contributed by atoms with van der Waals surface area (Å²) in [5.74, 6) is 0.418. The van der Waals surface area contributed by atoms with Crippen molar-refractivity contribution in [3.05, 3.63) is 23.5 Å². The predicted octanol–water partition coefficient (Wildman–Crippen LogP) is 2.31. The minimum atomic E-state index is -0.508. The molecule has 7 nitrogen and oxygen atoms in total. The number of amides is 1. The van der Waals surface area contributed by atoms with E-state index >= 15 is 0 Å². The highest BCUT2D eigenvalue weighted by Crippen LogP contribution is 2.20. The number of pyridine rings is 1. The minimum Gasteiger partial charge on any atom is -0.619 e. The second kappa shape index (κ2) is 6.21. The summed E-state index contributed by atoms with van der Waals surface area (Å²) in [6.07, 6.45) is 1.65. The van der Waals surface area contributed by atoms with Crippen LogP contribution in [0.4, 0.5) is 10.5 Å². The lowest BCUT2D eigenvalue weighted by Gasteiger charge is -2.24. The first-order valence-electron chi connectivity index (χ1n) is 7.13. The number of rotatable bonds is 3. The van der Waals surface area contributed by atoms with E-state index < -0.39 is 5.60 Å². The number of carbonyl (C=O) groups excluding carboxylic acids is 1. The number of carbonyl (C=O) groups is 1. The standard InChI is InChI=1S/C15H21N3O4/c1-15(2,3)22-14(19)18-8-7-12(10-18)21-13-6-5-11(9-16-13)17(4)20/h5-6,9,12H,4,7-8,10H2,1-3H3/t12-/m1/s1. The Morgan fingerprint density at radius 2 is 2.23 bits per heavy atom. The molecule has 2 heterocycles. The van der Waals surface area contributed by atoms with E-state index in [1.807, 2.05) is 20.8 Å². The summed E-state index contributed by atoms with van der Waals surface area (Å²) in [7, 11) is 0. The van der Waals surface area contributed by atoms with Gasteiger partial charge in [-0.15, -0.1) is 0 Å². The Labute approximate surface area is 129 Å². The topological polar surface area (TPSA) is 77.7 Å². The smallest absolute Gasteiger partial charge is 0.410 e. The average Bonchev–Trinajstić information content (AvgIpc) is 2.86. The van der Waals surface area contributed by atoms with Gasteiger partial charge >= 0.3 is 6.09 Å². The van der Waals surface area contributed by atoms with Crippen LogP contribution in [0.25, 0.3) is 0 Å². The number of likely N-dealkylation sites (tertiary alicyclic amines) is 1. The van der Waals surface area contributed by atoms with Gasteiger partial charge in [0.05, 0.1) is 6.54 Å². The first-order chi connectivity index (χ1) is 10.2. The van der Waals surface area contributed by atoms with E-state index in [1.54, 1.807) is 17.0 Å². The van der Waals surface area contributed by atoms with Crippen LogP contribution in [0.1, 0.15) is 27.2 Å². The third-order valence-electron chi connectivity index (χ3n) is 3.09. The summed E-state index contributed by atoms with van der Waals surface area (Å²) < 4.78 is 11.5. The van der Waals surface area contributed by atoms with Crippen LogP contribution in [0.3, 0.4) is 0 Å². The molecule has 0 spiro atoms. The number of nitrogens with zero attached hydrogens (tertiary/aromatic N) is 3. The number of hydrogen-bond donors (Lipinski definition) is 0. The molecule has 0 saturated carbocycles. The van der Waals surface area contributed by atoms with Crippen LogP contribution < -0.4 is 4.74 Å². The van der Waals surface area contributed by atoms with E-state index in [2.05, 4.69) is 11.7 Å². The highest BCUT2D eigenvalue weighted by molar-refractivity contribution is 5.68. The molecule has 22 heavy (non-hydrogen) atoms. The van der Waals surface area contributed by atoms with Gasteiger partial charge in [-0.25, -0.2) is 9.78 Å². The largest absolute Gasteiger partial charge is 0.619 e. The molecule has 1 aliphatic rings. The molecule has 0 aromatic carbocycles. The number of ether oxygens (including phenoxy) is 2. The second-order valence-corrected chi connectivity index (χ2v) is 6.19. The Kier molecular flexibility index (Phi) is 4.54. The van der Waals surface area contributed by atoms with E-state index in [0.29, 0.717) is 35.8 Å². The lowest BCUT2D eigenvalue weighted by atomic mass is 10.2. The lowest BCUT2D eigenvalue weighted by Crippen LogP contribution is -2.36.